The predicted molar refractivity (Wildman–Crippen MR) is 133 cm³/mol. The summed E-state index contributed by atoms with van der Waals surface area (Å²) in [7, 11) is -2.03. The Morgan fingerprint density at radius 1 is 1.00 bits per heavy atom. The number of nitrogens with zero attached hydrogens (tertiary/aromatic N) is 4. The van der Waals surface area contributed by atoms with E-state index in [4.69, 9.17) is 9.72 Å². The lowest BCUT2D eigenvalue weighted by Gasteiger charge is -2.38. The van der Waals surface area contributed by atoms with Crippen molar-refractivity contribution in [2.75, 3.05) is 33.3 Å². The third kappa shape index (κ3) is 4.60. The number of hydrogen-bond acceptors (Lipinski definition) is 6. The first kappa shape index (κ1) is 24.4. The molecule has 0 aliphatic carbocycles. The molecule has 1 atom stereocenters. The number of methoxy groups -OCH3 is 1. The summed E-state index contributed by atoms with van der Waals surface area (Å²) in [6.07, 6.45) is 1.61. The number of benzene rings is 2. The molecule has 9 heteroatoms. The normalized spacial score (nSPS) is 16.6. The van der Waals surface area contributed by atoms with Crippen LogP contribution in [0.3, 0.4) is 0 Å². The highest BCUT2D eigenvalue weighted by Crippen LogP contribution is 2.27. The molecule has 1 aliphatic heterocycles. The molecule has 1 aliphatic rings. The first-order chi connectivity index (χ1) is 16.4. The highest BCUT2D eigenvalue weighted by molar-refractivity contribution is 7.89. The standard InChI is InChI=1S/C25H32N4O4S/c1-4-14-29-24(26-22-9-7-6-8-21(22)25(29)30)23(5-2)27-15-17-28(18-16-27)34(31,32)20-12-10-19(33-3)11-13-20/h6-13,23H,4-5,14-18H2,1-3H3. The van der Waals surface area contributed by atoms with Gasteiger partial charge >= 0.3 is 0 Å². The molecule has 34 heavy (non-hydrogen) atoms. The van der Waals surface area contributed by atoms with E-state index in [1.54, 1.807) is 35.9 Å². The van der Waals surface area contributed by atoms with Gasteiger partial charge in [-0.2, -0.15) is 4.31 Å². The largest absolute Gasteiger partial charge is 0.497 e. The Kier molecular flexibility index (Phi) is 7.35. The molecule has 0 saturated carbocycles. The van der Waals surface area contributed by atoms with E-state index in [-0.39, 0.29) is 16.5 Å². The molecule has 0 bridgehead atoms. The Morgan fingerprint density at radius 2 is 1.68 bits per heavy atom. The van der Waals surface area contributed by atoms with Gasteiger partial charge in [-0.05, 0) is 49.2 Å². The van der Waals surface area contributed by atoms with Crippen LogP contribution in [-0.2, 0) is 16.6 Å². The molecule has 0 N–H and O–H groups in total. The van der Waals surface area contributed by atoms with E-state index in [0.717, 1.165) is 18.7 Å². The summed E-state index contributed by atoms with van der Waals surface area (Å²) in [5.41, 5.74) is 0.690. The predicted octanol–water partition coefficient (Wildman–Crippen LogP) is 3.27. The quantitative estimate of drug-likeness (QED) is 0.488. The average Bonchev–Trinajstić information content (AvgIpc) is 2.87. The van der Waals surface area contributed by atoms with Crippen LogP contribution < -0.4 is 10.3 Å². The minimum absolute atomic E-state index is 0.0124. The second-order valence-corrected chi connectivity index (χ2v) is 10.4. The third-order valence-corrected chi connectivity index (χ3v) is 8.35. The summed E-state index contributed by atoms with van der Waals surface area (Å²) < 4.78 is 34.8. The van der Waals surface area contributed by atoms with Gasteiger partial charge in [0.25, 0.3) is 5.56 Å². The van der Waals surface area contributed by atoms with Gasteiger partial charge in [-0.25, -0.2) is 13.4 Å². The maximum Gasteiger partial charge on any atom is 0.261 e. The van der Waals surface area contributed by atoms with E-state index in [2.05, 4.69) is 18.7 Å². The van der Waals surface area contributed by atoms with Gasteiger partial charge < -0.3 is 4.74 Å². The van der Waals surface area contributed by atoms with Crippen LogP contribution in [0.2, 0.25) is 0 Å². The first-order valence-corrected chi connectivity index (χ1v) is 13.2. The number of fused-ring (bicyclic) bond motifs is 1. The molecule has 4 rings (SSSR count). The summed E-state index contributed by atoms with van der Waals surface area (Å²) in [6, 6.07) is 13.9. The number of hydrogen-bond donors (Lipinski definition) is 0. The second-order valence-electron chi connectivity index (χ2n) is 8.48. The Balaban J connectivity index is 1.58. The van der Waals surface area contributed by atoms with Crippen molar-refractivity contribution in [3.8, 4) is 5.75 Å². The van der Waals surface area contributed by atoms with Crippen LogP contribution in [0, 0.1) is 0 Å². The van der Waals surface area contributed by atoms with Gasteiger partial charge in [0.2, 0.25) is 10.0 Å². The fraction of sp³-hybridized carbons (Fsp3) is 0.440. The molecule has 182 valence electrons. The summed E-state index contributed by atoms with van der Waals surface area (Å²) in [6.45, 7) is 6.66. The van der Waals surface area contributed by atoms with Crippen LogP contribution in [0.15, 0.2) is 58.2 Å². The van der Waals surface area contributed by atoms with Crippen LogP contribution >= 0.6 is 0 Å². The lowest BCUT2D eigenvalue weighted by Crippen LogP contribution is -2.50. The Hall–Kier alpha value is -2.75. The summed E-state index contributed by atoms with van der Waals surface area (Å²) >= 11 is 0. The van der Waals surface area contributed by atoms with E-state index in [1.165, 1.54) is 4.31 Å². The maximum absolute atomic E-state index is 13.2. The molecular formula is C25H32N4O4S. The molecule has 2 heterocycles. The Morgan fingerprint density at radius 3 is 2.29 bits per heavy atom. The first-order valence-electron chi connectivity index (χ1n) is 11.8. The topological polar surface area (TPSA) is 84.7 Å². The van der Waals surface area contributed by atoms with Crippen molar-refractivity contribution in [3.63, 3.8) is 0 Å². The van der Waals surface area contributed by atoms with Gasteiger partial charge in [0.05, 0.1) is 29.0 Å². The van der Waals surface area contributed by atoms with Crippen LogP contribution in [0.1, 0.15) is 38.6 Å². The fourth-order valence-corrected chi connectivity index (χ4v) is 6.06. The van der Waals surface area contributed by atoms with Crippen LogP contribution in [0.4, 0.5) is 0 Å². The van der Waals surface area contributed by atoms with Crippen molar-refractivity contribution in [3.05, 3.63) is 64.7 Å². The molecule has 1 saturated heterocycles. The molecule has 1 unspecified atom stereocenters. The lowest BCUT2D eigenvalue weighted by atomic mass is 10.1. The third-order valence-electron chi connectivity index (χ3n) is 6.43. The number of ether oxygens (including phenoxy) is 1. The number of piperazine rings is 1. The molecule has 0 amide bonds. The number of aromatic nitrogens is 2. The van der Waals surface area contributed by atoms with E-state index in [9.17, 15) is 13.2 Å². The van der Waals surface area contributed by atoms with E-state index < -0.39 is 10.0 Å². The molecular weight excluding hydrogens is 452 g/mol. The van der Waals surface area contributed by atoms with Gasteiger partial charge in [0.15, 0.2) is 0 Å². The van der Waals surface area contributed by atoms with Crippen molar-refractivity contribution in [2.45, 2.75) is 44.2 Å². The van der Waals surface area contributed by atoms with Gasteiger partial charge in [0, 0.05) is 32.7 Å². The molecule has 1 aromatic heterocycles. The average molecular weight is 485 g/mol. The van der Waals surface area contributed by atoms with Crippen molar-refractivity contribution in [1.82, 2.24) is 18.8 Å². The van der Waals surface area contributed by atoms with Crippen LogP contribution in [-0.4, -0.2) is 60.5 Å². The highest BCUT2D eigenvalue weighted by atomic mass is 32.2. The van der Waals surface area contributed by atoms with Crippen molar-refractivity contribution in [2.24, 2.45) is 0 Å². The Bertz CT molecular complexity index is 1300. The summed E-state index contributed by atoms with van der Waals surface area (Å²) in [4.78, 5) is 20.7. The monoisotopic (exact) mass is 484 g/mol. The van der Waals surface area contributed by atoms with Crippen molar-refractivity contribution < 1.29 is 13.2 Å². The summed E-state index contributed by atoms with van der Waals surface area (Å²) in [5.74, 6) is 1.38. The van der Waals surface area contributed by atoms with E-state index in [0.29, 0.717) is 49.4 Å². The van der Waals surface area contributed by atoms with Gasteiger partial charge in [-0.3, -0.25) is 14.3 Å². The molecule has 2 aromatic carbocycles. The zero-order valence-corrected chi connectivity index (χ0v) is 20.8. The minimum Gasteiger partial charge on any atom is -0.497 e. The number of sulfonamides is 1. The lowest BCUT2D eigenvalue weighted by molar-refractivity contribution is 0.125. The van der Waals surface area contributed by atoms with E-state index in [1.807, 2.05) is 24.3 Å². The SMILES string of the molecule is CCCn1c(C(CC)N2CCN(S(=O)(=O)c3ccc(OC)cc3)CC2)nc2ccccc2c1=O. The number of para-hydroxylation sites is 1. The van der Waals surface area contributed by atoms with Crippen LogP contribution in [0.5, 0.6) is 5.75 Å². The van der Waals surface area contributed by atoms with Gasteiger partial charge in [-0.1, -0.05) is 26.0 Å². The van der Waals surface area contributed by atoms with Gasteiger partial charge in [-0.15, -0.1) is 0 Å². The van der Waals surface area contributed by atoms with Crippen LogP contribution in [0.25, 0.3) is 10.9 Å². The summed E-state index contributed by atoms with van der Waals surface area (Å²) in [5, 5.41) is 0.630. The second kappa shape index (κ2) is 10.2. The molecule has 8 nitrogen and oxygen atoms in total. The maximum atomic E-state index is 13.2. The van der Waals surface area contributed by atoms with Gasteiger partial charge in [0.1, 0.15) is 11.6 Å². The Labute approximate surface area is 200 Å². The fourth-order valence-electron chi connectivity index (χ4n) is 4.64. The number of rotatable bonds is 8. The molecule has 0 radical (unpaired) electrons. The molecule has 3 aromatic rings. The highest BCUT2D eigenvalue weighted by Gasteiger charge is 2.32. The zero-order valence-electron chi connectivity index (χ0n) is 20.0. The minimum atomic E-state index is -3.58. The molecule has 1 fully saturated rings. The van der Waals surface area contributed by atoms with E-state index >= 15 is 0 Å². The molecule has 0 spiro atoms. The van der Waals surface area contributed by atoms with Crippen molar-refractivity contribution >= 4 is 20.9 Å². The van der Waals surface area contributed by atoms with Crippen molar-refractivity contribution in [1.29, 1.82) is 0 Å². The zero-order chi connectivity index (χ0) is 24.3. The smallest absolute Gasteiger partial charge is 0.261 e.